The van der Waals surface area contributed by atoms with Crippen molar-refractivity contribution in [1.29, 1.82) is 5.26 Å². The molecule has 1 aromatic heterocycles. The summed E-state index contributed by atoms with van der Waals surface area (Å²) in [4.78, 5) is 12.0. The Morgan fingerprint density at radius 1 is 1.21 bits per heavy atom. The number of carbonyl (C=O) groups is 1. The van der Waals surface area contributed by atoms with Crippen molar-refractivity contribution in [3.05, 3.63) is 78.8 Å². The highest BCUT2D eigenvalue weighted by Gasteiger charge is 2.12. The van der Waals surface area contributed by atoms with Gasteiger partial charge in [-0.3, -0.25) is 4.79 Å². The van der Waals surface area contributed by atoms with Crippen molar-refractivity contribution in [2.75, 3.05) is 6.54 Å². The zero-order chi connectivity index (χ0) is 22.7. The molecular formula is C24H33N3O2. The summed E-state index contributed by atoms with van der Waals surface area (Å²) in [6.07, 6.45) is 12.2. The largest absolute Gasteiger partial charge is 0.356 e. The van der Waals surface area contributed by atoms with E-state index in [1.807, 2.05) is 71.9 Å². The molecule has 0 aliphatic rings. The first-order valence-electron chi connectivity index (χ1n) is 9.69. The first-order valence-corrected chi connectivity index (χ1v) is 9.69. The molecule has 1 heterocycles. The maximum atomic E-state index is 12.0. The monoisotopic (exact) mass is 395 g/mol. The predicted octanol–water partition coefficient (Wildman–Crippen LogP) is 6.03. The summed E-state index contributed by atoms with van der Waals surface area (Å²) in [5, 5.41) is 15.1. The van der Waals surface area contributed by atoms with Crippen LogP contribution in [0.4, 0.5) is 0 Å². The molecule has 156 valence electrons. The van der Waals surface area contributed by atoms with E-state index in [4.69, 9.17) is 9.78 Å². The minimum absolute atomic E-state index is 0.0677. The maximum absolute atomic E-state index is 12.0. The van der Waals surface area contributed by atoms with Crippen LogP contribution in [0.2, 0.25) is 0 Å². The molecule has 29 heavy (non-hydrogen) atoms. The van der Waals surface area contributed by atoms with E-state index >= 15 is 0 Å². The van der Waals surface area contributed by atoms with Gasteiger partial charge in [0.25, 0.3) is 5.91 Å². The van der Waals surface area contributed by atoms with Crippen LogP contribution in [-0.4, -0.2) is 17.6 Å². The molecule has 0 aliphatic carbocycles. The normalized spacial score (nSPS) is 11.4. The average Bonchev–Trinajstić information content (AvgIpc) is 3.26. The van der Waals surface area contributed by atoms with Crippen molar-refractivity contribution < 1.29 is 9.32 Å². The van der Waals surface area contributed by atoms with E-state index in [0.29, 0.717) is 22.6 Å². The Morgan fingerprint density at radius 2 is 1.86 bits per heavy atom. The summed E-state index contributed by atoms with van der Waals surface area (Å²) in [7, 11) is 0. The predicted molar refractivity (Wildman–Crippen MR) is 123 cm³/mol. The highest BCUT2D eigenvalue weighted by molar-refractivity contribution is 5.99. The van der Waals surface area contributed by atoms with Crippen molar-refractivity contribution in [3.8, 4) is 6.07 Å². The SMILES string of the molecule is C=C/C(=C\C(=C/C)c1cc(/C(C=C)=C/C=C/C)on1)C(=O)NCC#N.CC.CC. The van der Waals surface area contributed by atoms with Crippen molar-refractivity contribution in [2.45, 2.75) is 41.5 Å². The van der Waals surface area contributed by atoms with Gasteiger partial charge in [-0.1, -0.05) is 82.5 Å². The average molecular weight is 396 g/mol. The smallest absolute Gasteiger partial charge is 0.252 e. The van der Waals surface area contributed by atoms with Crippen LogP contribution in [0.3, 0.4) is 0 Å². The van der Waals surface area contributed by atoms with Crippen molar-refractivity contribution in [3.63, 3.8) is 0 Å². The third kappa shape index (κ3) is 9.92. The Balaban J connectivity index is 0. The number of amides is 1. The van der Waals surface area contributed by atoms with Crippen molar-refractivity contribution in [2.24, 2.45) is 0 Å². The lowest BCUT2D eigenvalue weighted by Gasteiger charge is -2.03. The number of allylic oxidation sites excluding steroid dienone is 8. The lowest BCUT2D eigenvalue weighted by Crippen LogP contribution is -2.24. The molecule has 5 heteroatoms. The van der Waals surface area contributed by atoms with E-state index < -0.39 is 0 Å². The van der Waals surface area contributed by atoms with Gasteiger partial charge in [-0.15, -0.1) is 0 Å². The molecule has 0 aliphatic heterocycles. The summed E-state index contributed by atoms with van der Waals surface area (Å²) in [6, 6.07) is 3.63. The van der Waals surface area contributed by atoms with Gasteiger partial charge in [-0.25, -0.2) is 0 Å². The molecule has 0 fully saturated rings. The first-order chi connectivity index (χ1) is 14.1. The van der Waals surface area contributed by atoms with E-state index in [2.05, 4.69) is 23.6 Å². The summed E-state index contributed by atoms with van der Waals surface area (Å²) in [5.74, 6) is 0.198. The summed E-state index contributed by atoms with van der Waals surface area (Å²) >= 11 is 0. The number of nitrogens with zero attached hydrogens (tertiary/aromatic N) is 2. The Labute approximate surface area is 175 Å². The van der Waals surface area contributed by atoms with Gasteiger partial charge in [0.05, 0.1) is 6.07 Å². The van der Waals surface area contributed by atoms with Crippen LogP contribution < -0.4 is 5.32 Å². The Kier molecular flexibility index (Phi) is 17.3. The fourth-order valence-corrected chi connectivity index (χ4v) is 1.91. The van der Waals surface area contributed by atoms with Gasteiger partial charge >= 0.3 is 0 Å². The zero-order valence-corrected chi connectivity index (χ0v) is 18.5. The Bertz CT molecular complexity index is 800. The Hall–Kier alpha value is -3.39. The lowest BCUT2D eigenvalue weighted by molar-refractivity contribution is -0.116. The number of aromatic nitrogens is 1. The molecule has 1 rings (SSSR count). The number of rotatable bonds is 8. The second-order valence-electron chi connectivity index (χ2n) is 4.82. The molecule has 0 radical (unpaired) electrons. The summed E-state index contributed by atoms with van der Waals surface area (Å²) in [6.45, 7) is 19.1. The van der Waals surface area contributed by atoms with Gasteiger partial charge in [0, 0.05) is 22.8 Å². The van der Waals surface area contributed by atoms with Gasteiger partial charge in [0.1, 0.15) is 12.2 Å². The fraction of sp³-hybridized carbons (Fsp3) is 0.292. The molecule has 5 nitrogen and oxygen atoms in total. The van der Waals surface area contributed by atoms with Crippen LogP contribution in [0.1, 0.15) is 53.0 Å². The third-order valence-corrected chi connectivity index (χ3v) is 3.21. The van der Waals surface area contributed by atoms with Crippen molar-refractivity contribution in [1.82, 2.24) is 10.5 Å². The van der Waals surface area contributed by atoms with E-state index in [9.17, 15) is 4.79 Å². The highest BCUT2D eigenvalue weighted by Crippen LogP contribution is 2.23. The standard InChI is InChI=1S/C20H21N3O2.2C2H6/c1-5-9-10-15(6-2)19-14-18(23-25-19)16(7-3)13-17(8-4)20(24)22-12-11-21;2*1-2/h5-10,13-14H,2,4,12H2,1,3H3,(H,22,24);2*1-2H3/b9-5+,15-10+,16-7+,17-13+;;. The van der Waals surface area contributed by atoms with Crippen LogP contribution in [-0.2, 0) is 4.79 Å². The zero-order valence-electron chi connectivity index (χ0n) is 18.5. The highest BCUT2D eigenvalue weighted by atomic mass is 16.5. The van der Waals surface area contributed by atoms with E-state index in [1.165, 1.54) is 6.08 Å². The molecule has 1 N–H and O–H groups in total. The number of hydrogen-bond acceptors (Lipinski definition) is 4. The second kappa shape index (κ2) is 18.0. The summed E-state index contributed by atoms with van der Waals surface area (Å²) < 4.78 is 5.38. The van der Waals surface area contributed by atoms with Gasteiger partial charge in [-0.05, 0) is 19.9 Å². The third-order valence-electron chi connectivity index (χ3n) is 3.21. The number of nitriles is 1. The molecule has 0 bridgehead atoms. The van der Waals surface area contributed by atoms with Gasteiger partial charge in [-0.2, -0.15) is 5.26 Å². The molecular weight excluding hydrogens is 362 g/mol. The quantitative estimate of drug-likeness (QED) is 0.331. The first kappa shape index (κ1) is 27.8. The molecule has 0 spiro atoms. The van der Waals surface area contributed by atoms with Crippen molar-refractivity contribution >= 4 is 17.1 Å². The van der Waals surface area contributed by atoms with E-state index in [1.54, 1.807) is 18.2 Å². The minimum atomic E-state index is -0.376. The van der Waals surface area contributed by atoms with Crippen LogP contribution >= 0.6 is 0 Å². The fourth-order valence-electron chi connectivity index (χ4n) is 1.91. The molecule has 1 aromatic rings. The van der Waals surface area contributed by atoms with Gasteiger partial charge in [0.2, 0.25) is 0 Å². The summed E-state index contributed by atoms with van der Waals surface area (Å²) in [5.41, 5.74) is 2.41. The number of hydrogen-bond donors (Lipinski definition) is 1. The van der Waals surface area contributed by atoms with Crippen LogP contribution in [0.15, 0.2) is 71.9 Å². The van der Waals surface area contributed by atoms with E-state index in [0.717, 1.165) is 5.57 Å². The lowest BCUT2D eigenvalue weighted by atomic mass is 10.1. The second-order valence-corrected chi connectivity index (χ2v) is 4.82. The topological polar surface area (TPSA) is 78.9 Å². The van der Waals surface area contributed by atoms with Crippen LogP contribution in [0.5, 0.6) is 0 Å². The Morgan fingerprint density at radius 3 is 2.34 bits per heavy atom. The van der Waals surface area contributed by atoms with Crippen LogP contribution in [0.25, 0.3) is 11.1 Å². The number of carbonyl (C=O) groups excluding carboxylic acids is 1. The van der Waals surface area contributed by atoms with Gasteiger partial charge in [0.15, 0.2) is 5.76 Å². The molecule has 1 amide bonds. The molecule has 0 saturated heterocycles. The maximum Gasteiger partial charge on any atom is 0.252 e. The van der Waals surface area contributed by atoms with Gasteiger partial charge < -0.3 is 9.84 Å². The molecule has 0 atom stereocenters. The molecule has 0 unspecified atom stereocenters. The molecule has 0 aromatic carbocycles. The number of nitrogens with one attached hydrogen (secondary N) is 1. The molecule has 0 saturated carbocycles. The van der Waals surface area contributed by atoms with E-state index in [-0.39, 0.29) is 12.5 Å². The van der Waals surface area contributed by atoms with Crippen LogP contribution in [0, 0.1) is 11.3 Å². The minimum Gasteiger partial charge on any atom is -0.356 e.